The van der Waals surface area contributed by atoms with E-state index in [-0.39, 0.29) is 11.1 Å². The summed E-state index contributed by atoms with van der Waals surface area (Å²) in [5.74, 6) is -0.0521. The molecule has 0 bridgehead atoms. The average molecular weight is 297 g/mol. The van der Waals surface area contributed by atoms with Gasteiger partial charge in [-0.1, -0.05) is 36.6 Å². The van der Waals surface area contributed by atoms with E-state index in [1.54, 1.807) is 24.3 Å². The van der Waals surface area contributed by atoms with Crippen LogP contribution in [0.25, 0.3) is 0 Å². The molecule has 110 valence electrons. The molecule has 0 radical (unpaired) electrons. The van der Waals surface area contributed by atoms with Gasteiger partial charge in [-0.3, -0.25) is 4.72 Å². The number of sulfonamides is 1. The molecule has 6 nitrogen and oxygen atoms in total. The number of nitrogens with one attached hydrogen (secondary N) is 1. The number of rotatable bonds is 4. The van der Waals surface area contributed by atoms with Gasteiger partial charge in [0, 0.05) is 11.3 Å². The fourth-order valence-electron chi connectivity index (χ4n) is 2.42. The van der Waals surface area contributed by atoms with Crippen molar-refractivity contribution in [3.05, 3.63) is 29.8 Å². The number of benzene rings is 1. The quantitative estimate of drug-likeness (QED) is 0.341. The Morgan fingerprint density at radius 2 is 2.00 bits per heavy atom. The van der Waals surface area contributed by atoms with Gasteiger partial charge in [0.1, 0.15) is 0 Å². The van der Waals surface area contributed by atoms with Crippen molar-refractivity contribution in [2.45, 2.75) is 37.4 Å². The van der Waals surface area contributed by atoms with Gasteiger partial charge >= 0.3 is 0 Å². The maximum atomic E-state index is 12.3. The van der Waals surface area contributed by atoms with Crippen LogP contribution < -0.4 is 10.5 Å². The first-order chi connectivity index (χ1) is 9.53. The molecule has 0 amide bonds. The maximum absolute atomic E-state index is 12.3. The zero-order chi connectivity index (χ0) is 14.6. The van der Waals surface area contributed by atoms with Gasteiger partial charge in [-0.05, 0) is 25.0 Å². The molecule has 0 atom stereocenters. The Balaban J connectivity index is 2.16. The van der Waals surface area contributed by atoms with Gasteiger partial charge in [0.15, 0.2) is 5.84 Å². The lowest BCUT2D eigenvalue weighted by atomic mass is 10.0. The van der Waals surface area contributed by atoms with Crippen molar-refractivity contribution in [2.75, 3.05) is 4.72 Å². The minimum Gasteiger partial charge on any atom is -0.409 e. The van der Waals surface area contributed by atoms with E-state index >= 15 is 0 Å². The van der Waals surface area contributed by atoms with E-state index in [2.05, 4.69) is 9.88 Å². The molecule has 0 unspecified atom stereocenters. The lowest BCUT2D eigenvalue weighted by Gasteiger charge is -2.22. The van der Waals surface area contributed by atoms with Crippen LogP contribution in [0.3, 0.4) is 0 Å². The summed E-state index contributed by atoms with van der Waals surface area (Å²) in [5, 5.41) is 11.2. The number of anilines is 1. The number of hydrogen-bond donors (Lipinski definition) is 3. The summed E-state index contributed by atoms with van der Waals surface area (Å²) in [6, 6.07) is 6.50. The zero-order valence-corrected chi connectivity index (χ0v) is 11.9. The number of nitrogens with zero attached hydrogens (tertiary/aromatic N) is 1. The first-order valence-electron chi connectivity index (χ1n) is 6.62. The Bertz CT molecular complexity index is 593. The molecule has 1 aromatic rings. The van der Waals surface area contributed by atoms with Crippen LogP contribution in [0, 0.1) is 0 Å². The molecule has 1 saturated carbocycles. The fraction of sp³-hybridized carbons (Fsp3) is 0.462. The molecule has 1 aliphatic carbocycles. The topological polar surface area (TPSA) is 105 Å². The van der Waals surface area contributed by atoms with E-state index in [0.717, 1.165) is 19.3 Å². The summed E-state index contributed by atoms with van der Waals surface area (Å²) in [6.07, 6.45) is 4.42. The maximum Gasteiger partial charge on any atom is 0.235 e. The monoisotopic (exact) mass is 297 g/mol. The van der Waals surface area contributed by atoms with Crippen molar-refractivity contribution < 1.29 is 13.6 Å². The highest BCUT2D eigenvalue weighted by Crippen LogP contribution is 2.25. The molecule has 20 heavy (non-hydrogen) atoms. The van der Waals surface area contributed by atoms with E-state index in [1.807, 2.05) is 0 Å². The summed E-state index contributed by atoms with van der Waals surface area (Å²) in [4.78, 5) is 0. The van der Waals surface area contributed by atoms with Gasteiger partial charge in [-0.2, -0.15) is 0 Å². The van der Waals surface area contributed by atoms with Gasteiger partial charge in [0.2, 0.25) is 10.0 Å². The third-order valence-electron chi connectivity index (χ3n) is 3.52. The molecule has 1 aromatic carbocycles. The zero-order valence-electron chi connectivity index (χ0n) is 11.1. The molecular weight excluding hydrogens is 278 g/mol. The summed E-state index contributed by atoms with van der Waals surface area (Å²) in [5.41, 5.74) is 6.39. The number of oxime groups is 1. The molecule has 4 N–H and O–H groups in total. The van der Waals surface area contributed by atoms with Gasteiger partial charge in [0.05, 0.1) is 5.25 Å². The summed E-state index contributed by atoms with van der Waals surface area (Å²) < 4.78 is 27.2. The highest BCUT2D eigenvalue weighted by Gasteiger charge is 2.27. The van der Waals surface area contributed by atoms with Gasteiger partial charge in [0.25, 0.3) is 0 Å². The van der Waals surface area contributed by atoms with Crippen LogP contribution >= 0.6 is 0 Å². The minimum atomic E-state index is -3.38. The molecule has 2 rings (SSSR count). The lowest BCUT2D eigenvalue weighted by Crippen LogP contribution is -2.29. The van der Waals surface area contributed by atoms with Gasteiger partial charge < -0.3 is 10.9 Å². The summed E-state index contributed by atoms with van der Waals surface area (Å²) >= 11 is 0. The first-order valence-corrected chi connectivity index (χ1v) is 8.17. The predicted molar refractivity (Wildman–Crippen MR) is 78.4 cm³/mol. The highest BCUT2D eigenvalue weighted by molar-refractivity contribution is 7.93. The van der Waals surface area contributed by atoms with Crippen molar-refractivity contribution >= 4 is 21.5 Å². The van der Waals surface area contributed by atoms with Crippen LogP contribution in [-0.2, 0) is 10.0 Å². The third-order valence-corrected chi connectivity index (χ3v) is 5.39. The van der Waals surface area contributed by atoms with E-state index in [9.17, 15) is 8.42 Å². The Morgan fingerprint density at radius 1 is 1.30 bits per heavy atom. The number of hydrogen-bond acceptors (Lipinski definition) is 4. The molecule has 0 heterocycles. The molecule has 0 saturated heterocycles. The van der Waals surface area contributed by atoms with Crippen LogP contribution in [0.2, 0.25) is 0 Å². The smallest absolute Gasteiger partial charge is 0.235 e. The van der Waals surface area contributed by atoms with E-state index in [4.69, 9.17) is 10.9 Å². The Labute approximate surface area is 118 Å². The molecule has 1 aliphatic rings. The van der Waals surface area contributed by atoms with Crippen LogP contribution in [0.4, 0.5) is 5.69 Å². The van der Waals surface area contributed by atoms with Crippen LogP contribution in [0.5, 0.6) is 0 Å². The standard InChI is InChI=1S/C13H19N3O3S/c14-13(15-17)10-5-4-6-11(9-10)16-20(18,19)12-7-2-1-3-8-12/h4-6,9,12,16-17H,1-3,7-8H2,(H2,14,15). The van der Waals surface area contributed by atoms with Crippen LogP contribution in [-0.4, -0.2) is 24.7 Å². The van der Waals surface area contributed by atoms with Crippen molar-refractivity contribution in [2.24, 2.45) is 10.9 Å². The van der Waals surface area contributed by atoms with Crippen LogP contribution in [0.1, 0.15) is 37.7 Å². The average Bonchev–Trinajstić information content (AvgIpc) is 2.47. The summed E-state index contributed by atoms with van der Waals surface area (Å²) in [6.45, 7) is 0. The second-order valence-electron chi connectivity index (χ2n) is 4.97. The fourth-order valence-corrected chi connectivity index (χ4v) is 4.00. The lowest BCUT2D eigenvalue weighted by molar-refractivity contribution is 0.318. The number of nitrogens with two attached hydrogens (primary N) is 1. The Hall–Kier alpha value is -1.76. The van der Waals surface area contributed by atoms with Crippen molar-refractivity contribution in [1.29, 1.82) is 0 Å². The molecule has 0 spiro atoms. The second-order valence-corrected chi connectivity index (χ2v) is 6.93. The summed E-state index contributed by atoms with van der Waals surface area (Å²) in [7, 11) is -3.38. The third kappa shape index (κ3) is 3.41. The number of amidine groups is 1. The second kappa shape index (κ2) is 6.13. The normalized spacial score (nSPS) is 17.9. The van der Waals surface area contributed by atoms with Gasteiger partial charge in [-0.25, -0.2) is 8.42 Å². The van der Waals surface area contributed by atoms with Crippen LogP contribution in [0.15, 0.2) is 29.4 Å². The molecule has 0 aliphatic heterocycles. The van der Waals surface area contributed by atoms with E-state index in [0.29, 0.717) is 24.1 Å². The molecular formula is C13H19N3O3S. The van der Waals surface area contributed by atoms with E-state index in [1.165, 1.54) is 0 Å². The SMILES string of the molecule is N/C(=N/O)c1cccc(NS(=O)(=O)C2CCCCC2)c1. The van der Waals surface area contributed by atoms with Gasteiger partial charge in [-0.15, -0.1) is 0 Å². The minimum absolute atomic E-state index is 0.0521. The van der Waals surface area contributed by atoms with Crippen molar-refractivity contribution in [3.8, 4) is 0 Å². The molecule has 1 fully saturated rings. The molecule has 7 heteroatoms. The molecule has 0 aromatic heterocycles. The van der Waals surface area contributed by atoms with E-state index < -0.39 is 10.0 Å². The Kier molecular flexibility index (Phi) is 4.49. The van der Waals surface area contributed by atoms with Crippen molar-refractivity contribution in [1.82, 2.24) is 0 Å². The highest BCUT2D eigenvalue weighted by atomic mass is 32.2. The van der Waals surface area contributed by atoms with Crippen molar-refractivity contribution in [3.63, 3.8) is 0 Å². The Morgan fingerprint density at radius 3 is 2.65 bits per heavy atom. The largest absolute Gasteiger partial charge is 0.409 e. The predicted octanol–water partition coefficient (Wildman–Crippen LogP) is 1.86. The first kappa shape index (κ1) is 14.6.